The van der Waals surface area contributed by atoms with Crippen LogP contribution >= 0.6 is 11.8 Å². The van der Waals surface area contributed by atoms with Gasteiger partial charge in [-0.3, -0.25) is 0 Å². The van der Waals surface area contributed by atoms with Crippen molar-refractivity contribution in [2.24, 2.45) is 0 Å². The quantitative estimate of drug-likeness (QED) is 0.646. The molecule has 6 heteroatoms. The van der Waals surface area contributed by atoms with Crippen LogP contribution in [0.15, 0.2) is 52.3 Å². The van der Waals surface area contributed by atoms with Crippen LogP contribution < -0.4 is 5.73 Å². The maximum atomic E-state index is 13.4. The summed E-state index contributed by atoms with van der Waals surface area (Å²) in [6.07, 6.45) is -4.52. The molecule has 0 aliphatic carbocycles. The maximum absolute atomic E-state index is 13.4. The third kappa shape index (κ3) is 3.20. The summed E-state index contributed by atoms with van der Waals surface area (Å²) in [6.45, 7) is 0. The Kier molecular flexibility index (Phi) is 3.71. The van der Waals surface area contributed by atoms with Crippen LogP contribution in [-0.2, 0) is 6.18 Å². The second-order valence-electron chi connectivity index (χ2n) is 3.78. The van der Waals surface area contributed by atoms with Gasteiger partial charge in [-0.15, -0.1) is 0 Å². The predicted octanol–water partition coefficient (Wildman–Crippen LogP) is 4.58. The molecule has 19 heavy (non-hydrogen) atoms. The predicted molar refractivity (Wildman–Crippen MR) is 66.4 cm³/mol. The zero-order valence-corrected chi connectivity index (χ0v) is 10.4. The molecule has 0 heterocycles. The van der Waals surface area contributed by atoms with E-state index in [1.807, 2.05) is 0 Å². The third-order valence-electron chi connectivity index (χ3n) is 2.39. The highest BCUT2D eigenvalue weighted by Crippen LogP contribution is 2.38. The molecule has 0 saturated carbocycles. The highest BCUT2D eigenvalue weighted by molar-refractivity contribution is 7.99. The molecule has 2 aromatic carbocycles. The van der Waals surface area contributed by atoms with Gasteiger partial charge in [0.2, 0.25) is 0 Å². The summed E-state index contributed by atoms with van der Waals surface area (Å²) in [6, 6.07) is 9.42. The minimum absolute atomic E-state index is 0.264. The topological polar surface area (TPSA) is 26.0 Å². The first-order chi connectivity index (χ1) is 8.88. The molecule has 0 radical (unpaired) electrons. The number of nitrogens with two attached hydrogens (primary N) is 1. The Labute approximate surface area is 111 Å². The first-order valence-electron chi connectivity index (χ1n) is 5.27. The summed E-state index contributed by atoms with van der Waals surface area (Å²) in [5, 5.41) is 0. The van der Waals surface area contributed by atoms with E-state index < -0.39 is 17.6 Å². The van der Waals surface area contributed by atoms with E-state index in [2.05, 4.69) is 0 Å². The van der Waals surface area contributed by atoms with Gasteiger partial charge in [0.1, 0.15) is 5.82 Å². The van der Waals surface area contributed by atoms with Crippen LogP contribution in [-0.4, -0.2) is 0 Å². The first kappa shape index (κ1) is 13.7. The molecule has 0 saturated heterocycles. The fourth-order valence-corrected chi connectivity index (χ4v) is 2.38. The number of anilines is 1. The SMILES string of the molecule is Nc1ccc(Sc2ccccc2F)cc1C(F)(F)F. The minimum Gasteiger partial charge on any atom is -0.398 e. The molecule has 100 valence electrons. The van der Waals surface area contributed by atoms with Crippen molar-refractivity contribution in [3.8, 4) is 0 Å². The van der Waals surface area contributed by atoms with E-state index in [1.165, 1.54) is 30.3 Å². The van der Waals surface area contributed by atoms with Gasteiger partial charge in [-0.1, -0.05) is 23.9 Å². The van der Waals surface area contributed by atoms with Crippen molar-refractivity contribution >= 4 is 17.4 Å². The van der Waals surface area contributed by atoms with E-state index in [-0.39, 0.29) is 15.5 Å². The summed E-state index contributed by atoms with van der Waals surface area (Å²) in [5.41, 5.74) is 4.04. The van der Waals surface area contributed by atoms with Crippen LogP contribution in [0.3, 0.4) is 0 Å². The number of halogens is 4. The molecule has 0 amide bonds. The molecule has 0 fully saturated rings. The maximum Gasteiger partial charge on any atom is 0.418 e. The van der Waals surface area contributed by atoms with E-state index in [0.717, 1.165) is 17.8 Å². The van der Waals surface area contributed by atoms with Gasteiger partial charge in [0.25, 0.3) is 0 Å². The molecule has 2 rings (SSSR count). The Bertz CT molecular complexity index is 595. The van der Waals surface area contributed by atoms with E-state index in [4.69, 9.17) is 5.73 Å². The van der Waals surface area contributed by atoms with Gasteiger partial charge in [0.15, 0.2) is 0 Å². The third-order valence-corrected chi connectivity index (χ3v) is 3.44. The van der Waals surface area contributed by atoms with E-state index >= 15 is 0 Å². The van der Waals surface area contributed by atoms with Crippen molar-refractivity contribution in [1.82, 2.24) is 0 Å². The number of alkyl halides is 3. The van der Waals surface area contributed by atoms with Gasteiger partial charge in [0.05, 0.1) is 5.56 Å². The van der Waals surface area contributed by atoms with Gasteiger partial charge in [-0.25, -0.2) is 4.39 Å². The summed E-state index contributed by atoms with van der Waals surface area (Å²) in [4.78, 5) is 0.548. The van der Waals surface area contributed by atoms with Gasteiger partial charge >= 0.3 is 6.18 Å². The smallest absolute Gasteiger partial charge is 0.398 e. The monoisotopic (exact) mass is 287 g/mol. The van der Waals surface area contributed by atoms with Crippen LogP contribution in [0.2, 0.25) is 0 Å². The van der Waals surface area contributed by atoms with Crippen molar-refractivity contribution in [3.63, 3.8) is 0 Å². The minimum atomic E-state index is -4.52. The fourth-order valence-electron chi connectivity index (χ4n) is 1.50. The number of nitrogen functional groups attached to an aromatic ring is 1. The van der Waals surface area contributed by atoms with Gasteiger partial charge in [-0.2, -0.15) is 13.2 Å². The molecule has 2 N–H and O–H groups in total. The van der Waals surface area contributed by atoms with Crippen LogP contribution in [0.4, 0.5) is 23.2 Å². The zero-order chi connectivity index (χ0) is 14.0. The highest BCUT2D eigenvalue weighted by atomic mass is 32.2. The van der Waals surface area contributed by atoms with Gasteiger partial charge < -0.3 is 5.73 Å². The van der Waals surface area contributed by atoms with Crippen LogP contribution in [0.5, 0.6) is 0 Å². The van der Waals surface area contributed by atoms with E-state index in [0.29, 0.717) is 0 Å². The van der Waals surface area contributed by atoms with Crippen LogP contribution in [0.1, 0.15) is 5.56 Å². The van der Waals surface area contributed by atoms with E-state index in [1.54, 1.807) is 6.07 Å². The molecular formula is C13H9F4NS. The van der Waals surface area contributed by atoms with E-state index in [9.17, 15) is 17.6 Å². The highest BCUT2D eigenvalue weighted by Gasteiger charge is 2.33. The summed E-state index contributed by atoms with van der Waals surface area (Å²) < 4.78 is 51.5. The Hall–Kier alpha value is -1.69. The molecule has 0 aliphatic heterocycles. The lowest BCUT2D eigenvalue weighted by Gasteiger charge is -2.11. The molecule has 2 aromatic rings. The lowest BCUT2D eigenvalue weighted by Crippen LogP contribution is -2.08. The summed E-state index contributed by atoms with van der Waals surface area (Å²) in [5.74, 6) is -0.474. The van der Waals surface area contributed by atoms with Crippen molar-refractivity contribution in [2.45, 2.75) is 16.0 Å². The zero-order valence-electron chi connectivity index (χ0n) is 9.54. The lowest BCUT2D eigenvalue weighted by atomic mass is 10.2. The van der Waals surface area contributed by atoms with Crippen molar-refractivity contribution in [2.75, 3.05) is 5.73 Å². The molecule has 0 aliphatic rings. The molecule has 0 aromatic heterocycles. The van der Waals surface area contributed by atoms with Gasteiger partial charge in [-0.05, 0) is 30.3 Å². The summed E-state index contributed by atoms with van der Waals surface area (Å²) >= 11 is 0.923. The lowest BCUT2D eigenvalue weighted by molar-refractivity contribution is -0.137. The standard InChI is InChI=1S/C13H9F4NS/c14-10-3-1-2-4-12(10)19-8-5-6-11(18)9(7-8)13(15,16)17/h1-7H,18H2. The van der Waals surface area contributed by atoms with Crippen molar-refractivity contribution in [3.05, 3.63) is 53.8 Å². The first-order valence-corrected chi connectivity index (χ1v) is 6.08. The van der Waals surface area contributed by atoms with Crippen molar-refractivity contribution in [1.29, 1.82) is 0 Å². The second kappa shape index (κ2) is 5.13. The Morgan fingerprint density at radius 1 is 1.00 bits per heavy atom. The number of hydrogen-bond donors (Lipinski definition) is 1. The summed E-state index contributed by atoms with van der Waals surface area (Å²) in [7, 11) is 0. The average molecular weight is 287 g/mol. The molecule has 0 bridgehead atoms. The van der Waals surface area contributed by atoms with Gasteiger partial charge in [0, 0.05) is 15.5 Å². The second-order valence-corrected chi connectivity index (χ2v) is 4.89. The average Bonchev–Trinajstić information content (AvgIpc) is 2.33. The largest absolute Gasteiger partial charge is 0.418 e. The van der Waals surface area contributed by atoms with Crippen LogP contribution in [0, 0.1) is 5.82 Å². The Balaban J connectivity index is 2.35. The Morgan fingerprint density at radius 3 is 2.32 bits per heavy atom. The number of hydrogen-bond acceptors (Lipinski definition) is 2. The number of rotatable bonds is 2. The fraction of sp³-hybridized carbons (Fsp3) is 0.0769. The van der Waals surface area contributed by atoms with Crippen molar-refractivity contribution < 1.29 is 17.6 Å². The molecule has 0 unspecified atom stereocenters. The molecule has 0 atom stereocenters. The molecule has 1 nitrogen and oxygen atoms in total. The number of benzene rings is 2. The molecule has 0 spiro atoms. The van der Waals surface area contributed by atoms with Crippen LogP contribution in [0.25, 0.3) is 0 Å². The normalized spacial score (nSPS) is 11.6. The molecular weight excluding hydrogens is 278 g/mol. The Morgan fingerprint density at radius 2 is 1.68 bits per heavy atom.